The molecule has 1 heterocycles. The lowest BCUT2D eigenvalue weighted by molar-refractivity contribution is -0.112. The van der Waals surface area contributed by atoms with E-state index in [0.29, 0.717) is 0 Å². The van der Waals surface area contributed by atoms with Crippen LogP contribution in [0.25, 0.3) is 0 Å². The van der Waals surface area contributed by atoms with Crippen molar-refractivity contribution in [1.29, 1.82) is 0 Å². The first-order valence-corrected chi connectivity index (χ1v) is 5.88. The number of fused-ring (bicyclic) bond motifs is 1. The molecule has 16 heavy (non-hydrogen) atoms. The highest BCUT2D eigenvalue weighted by molar-refractivity contribution is 7.89. The van der Waals surface area contributed by atoms with Crippen molar-refractivity contribution in [3.05, 3.63) is 23.8 Å². The molecule has 0 saturated carbocycles. The summed E-state index contributed by atoms with van der Waals surface area (Å²) in [5.41, 5.74) is 0.133. The first-order chi connectivity index (χ1) is 7.47. The van der Waals surface area contributed by atoms with Gasteiger partial charge in [-0.25, -0.2) is 13.1 Å². The zero-order chi connectivity index (χ0) is 11.9. The highest BCUT2D eigenvalue weighted by Gasteiger charge is 2.33. The first-order valence-electron chi connectivity index (χ1n) is 4.39. The third kappa shape index (κ3) is 1.41. The molecule has 1 aliphatic rings. The van der Waals surface area contributed by atoms with Crippen molar-refractivity contribution >= 4 is 27.4 Å². The van der Waals surface area contributed by atoms with Crippen LogP contribution in [0.1, 0.15) is 10.4 Å². The van der Waals surface area contributed by atoms with Crippen molar-refractivity contribution in [2.45, 2.75) is 4.90 Å². The van der Waals surface area contributed by atoms with Gasteiger partial charge in [-0.3, -0.25) is 9.59 Å². The van der Waals surface area contributed by atoms with Gasteiger partial charge in [0.15, 0.2) is 0 Å². The van der Waals surface area contributed by atoms with Crippen molar-refractivity contribution in [2.75, 3.05) is 12.4 Å². The van der Waals surface area contributed by atoms with Crippen LogP contribution in [0.2, 0.25) is 0 Å². The number of sulfonamides is 1. The van der Waals surface area contributed by atoms with Gasteiger partial charge in [-0.2, -0.15) is 0 Å². The van der Waals surface area contributed by atoms with E-state index in [0.717, 1.165) is 0 Å². The number of carbonyl (C=O) groups excluding carboxylic acids is 2. The zero-order valence-electron chi connectivity index (χ0n) is 8.27. The highest BCUT2D eigenvalue weighted by atomic mass is 32.2. The molecule has 0 bridgehead atoms. The number of Topliss-reactive ketones (excluding diaryl/α,β-unsaturated/α-hetero) is 1. The quantitative estimate of drug-likeness (QED) is 0.696. The van der Waals surface area contributed by atoms with Crippen LogP contribution < -0.4 is 10.0 Å². The largest absolute Gasteiger partial charge is 0.318 e. The molecule has 6 nitrogen and oxygen atoms in total. The molecular weight excluding hydrogens is 232 g/mol. The molecule has 1 aromatic carbocycles. The van der Waals surface area contributed by atoms with Crippen LogP contribution in [0.15, 0.2) is 23.1 Å². The molecular formula is C9H8N2O4S. The van der Waals surface area contributed by atoms with E-state index in [1.807, 2.05) is 0 Å². The van der Waals surface area contributed by atoms with Gasteiger partial charge in [-0.05, 0) is 19.2 Å². The molecule has 1 amide bonds. The van der Waals surface area contributed by atoms with Gasteiger partial charge in [0.2, 0.25) is 10.0 Å². The second-order valence-corrected chi connectivity index (χ2v) is 5.02. The third-order valence-corrected chi connectivity index (χ3v) is 3.72. The fraction of sp³-hybridized carbons (Fsp3) is 0.111. The minimum Gasteiger partial charge on any atom is -0.318 e. The number of rotatable bonds is 2. The third-order valence-electron chi connectivity index (χ3n) is 2.27. The van der Waals surface area contributed by atoms with E-state index in [1.54, 1.807) is 0 Å². The average molecular weight is 240 g/mol. The van der Waals surface area contributed by atoms with Crippen LogP contribution in [0, 0.1) is 0 Å². The Morgan fingerprint density at radius 3 is 2.56 bits per heavy atom. The Morgan fingerprint density at radius 1 is 1.25 bits per heavy atom. The standard InChI is InChI=1S/C9H8N2O4S/c1-10-16(14,15)6-4-2-3-5-7(6)8(12)9(13)11-5/h2-4,10H,1H3,(H,11,12,13). The SMILES string of the molecule is CNS(=O)(=O)c1cccc2c1C(=O)C(=O)N2. The molecule has 0 saturated heterocycles. The molecule has 84 valence electrons. The van der Waals surface area contributed by atoms with Crippen molar-refractivity contribution in [3.8, 4) is 0 Å². The molecule has 0 radical (unpaired) electrons. The smallest absolute Gasteiger partial charge is 0.296 e. The lowest BCUT2D eigenvalue weighted by Crippen LogP contribution is -2.21. The zero-order valence-corrected chi connectivity index (χ0v) is 9.09. The normalized spacial score (nSPS) is 14.8. The maximum absolute atomic E-state index is 11.6. The number of anilines is 1. The van der Waals surface area contributed by atoms with Crippen LogP contribution in [0.5, 0.6) is 0 Å². The molecule has 0 aromatic heterocycles. The molecule has 0 aliphatic carbocycles. The van der Waals surface area contributed by atoms with Gasteiger partial charge in [0.25, 0.3) is 11.7 Å². The Kier molecular flexibility index (Phi) is 2.28. The summed E-state index contributed by atoms with van der Waals surface area (Å²) in [7, 11) is -2.50. The van der Waals surface area contributed by atoms with Crippen LogP contribution in [0.4, 0.5) is 5.69 Å². The Hall–Kier alpha value is -1.73. The number of ketones is 1. The molecule has 2 N–H and O–H groups in total. The van der Waals surface area contributed by atoms with E-state index < -0.39 is 21.7 Å². The Labute approximate surface area is 91.7 Å². The van der Waals surface area contributed by atoms with Gasteiger partial charge in [0.1, 0.15) is 0 Å². The lowest BCUT2D eigenvalue weighted by Gasteiger charge is -2.05. The fourth-order valence-corrected chi connectivity index (χ4v) is 2.45. The molecule has 0 spiro atoms. The number of amides is 1. The van der Waals surface area contributed by atoms with Crippen LogP contribution in [-0.4, -0.2) is 27.2 Å². The summed E-state index contributed by atoms with van der Waals surface area (Å²) >= 11 is 0. The van der Waals surface area contributed by atoms with E-state index in [-0.39, 0.29) is 16.1 Å². The molecule has 1 aliphatic heterocycles. The topological polar surface area (TPSA) is 92.3 Å². The first kappa shape index (κ1) is 10.8. The van der Waals surface area contributed by atoms with Gasteiger partial charge in [0.05, 0.1) is 16.1 Å². The Balaban J connectivity index is 2.74. The number of carbonyl (C=O) groups is 2. The van der Waals surface area contributed by atoms with Gasteiger partial charge >= 0.3 is 0 Å². The van der Waals surface area contributed by atoms with Gasteiger partial charge in [0, 0.05) is 0 Å². The number of hydrogen-bond donors (Lipinski definition) is 2. The summed E-state index contributed by atoms with van der Waals surface area (Å²) in [5.74, 6) is -1.64. The van der Waals surface area contributed by atoms with Crippen molar-refractivity contribution in [2.24, 2.45) is 0 Å². The number of benzene rings is 1. The summed E-state index contributed by atoms with van der Waals surface area (Å²) in [5, 5.41) is 2.30. The highest BCUT2D eigenvalue weighted by Crippen LogP contribution is 2.28. The summed E-state index contributed by atoms with van der Waals surface area (Å²) in [6, 6.07) is 4.22. The minimum absolute atomic E-state index is 0.0955. The van der Waals surface area contributed by atoms with Crippen LogP contribution in [-0.2, 0) is 14.8 Å². The molecule has 2 rings (SSSR count). The summed E-state index contributed by atoms with van der Waals surface area (Å²) in [4.78, 5) is 22.4. The fourth-order valence-electron chi connectivity index (χ4n) is 1.50. The lowest BCUT2D eigenvalue weighted by atomic mass is 10.1. The predicted octanol–water partition coefficient (Wildman–Crippen LogP) is -0.271. The second-order valence-electron chi connectivity index (χ2n) is 3.17. The maximum Gasteiger partial charge on any atom is 0.296 e. The van der Waals surface area contributed by atoms with E-state index in [9.17, 15) is 18.0 Å². The molecule has 1 aromatic rings. The Bertz CT molecular complexity index is 592. The molecule has 0 unspecified atom stereocenters. The monoisotopic (exact) mass is 240 g/mol. The van der Waals surface area contributed by atoms with Crippen LogP contribution >= 0.6 is 0 Å². The summed E-state index contributed by atoms with van der Waals surface area (Å²) in [6.07, 6.45) is 0. The molecule has 0 atom stereocenters. The maximum atomic E-state index is 11.6. The minimum atomic E-state index is -3.74. The van der Waals surface area contributed by atoms with Gasteiger partial charge in [-0.15, -0.1) is 0 Å². The van der Waals surface area contributed by atoms with Crippen molar-refractivity contribution in [3.63, 3.8) is 0 Å². The van der Waals surface area contributed by atoms with Gasteiger partial charge < -0.3 is 5.32 Å². The Morgan fingerprint density at radius 2 is 1.94 bits per heavy atom. The average Bonchev–Trinajstić information content (AvgIpc) is 2.55. The van der Waals surface area contributed by atoms with E-state index in [2.05, 4.69) is 10.0 Å². The second kappa shape index (κ2) is 3.39. The molecule has 0 fully saturated rings. The van der Waals surface area contributed by atoms with E-state index >= 15 is 0 Å². The van der Waals surface area contributed by atoms with Gasteiger partial charge in [-0.1, -0.05) is 6.07 Å². The number of hydrogen-bond acceptors (Lipinski definition) is 4. The summed E-state index contributed by atoms with van der Waals surface area (Å²) < 4.78 is 25.3. The van der Waals surface area contributed by atoms with E-state index in [4.69, 9.17) is 0 Å². The van der Waals surface area contributed by atoms with Crippen LogP contribution in [0.3, 0.4) is 0 Å². The summed E-state index contributed by atoms with van der Waals surface area (Å²) in [6.45, 7) is 0. The van der Waals surface area contributed by atoms with Crippen molar-refractivity contribution in [1.82, 2.24) is 4.72 Å². The van der Waals surface area contributed by atoms with E-state index in [1.165, 1.54) is 25.2 Å². The molecule has 7 heteroatoms. The predicted molar refractivity (Wildman–Crippen MR) is 55.6 cm³/mol. The van der Waals surface area contributed by atoms with Crippen molar-refractivity contribution < 1.29 is 18.0 Å². The number of nitrogens with one attached hydrogen (secondary N) is 2.